The minimum absolute atomic E-state index is 0.0216. The molecule has 42 heavy (non-hydrogen) atoms. The number of ether oxygens (including phenoxy) is 1. The van der Waals surface area contributed by atoms with Crippen LogP contribution >= 0.6 is 0 Å². The number of amides is 3. The van der Waals surface area contributed by atoms with Gasteiger partial charge in [0.2, 0.25) is 0 Å². The molecule has 5 rings (SSSR count). The number of aliphatic hydroxyl groups excluding tert-OH is 1. The molecule has 0 atom stereocenters. The summed E-state index contributed by atoms with van der Waals surface area (Å²) in [5.74, 6) is -0.290. The third kappa shape index (κ3) is 6.10. The molecule has 0 spiro atoms. The fraction of sp³-hybridized carbons (Fsp3) is 0.121. The average molecular weight is 564 g/mol. The number of anilines is 3. The summed E-state index contributed by atoms with van der Waals surface area (Å²) < 4.78 is 5.78. The van der Waals surface area contributed by atoms with Crippen LogP contribution in [0.4, 0.5) is 21.9 Å². The molecule has 0 bridgehead atoms. The van der Waals surface area contributed by atoms with E-state index in [2.05, 4.69) is 10.6 Å². The summed E-state index contributed by atoms with van der Waals surface area (Å²) >= 11 is 0. The molecule has 1 aliphatic rings. The number of urea groups is 1. The molecule has 0 saturated carbocycles. The second-order valence-corrected chi connectivity index (χ2v) is 10.6. The number of nitrogens with zero attached hydrogens (tertiary/aromatic N) is 1. The Morgan fingerprint density at radius 2 is 1.33 bits per heavy atom. The van der Waals surface area contributed by atoms with E-state index in [-0.39, 0.29) is 17.0 Å². The lowest BCUT2D eigenvalue weighted by molar-refractivity contribution is -0.157. The number of fused-ring (bicyclic) bond motifs is 1. The Morgan fingerprint density at radius 3 is 1.98 bits per heavy atom. The van der Waals surface area contributed by atoms with Gasteiger partial charge in [-0.25, -0.2) is 9.59 Å². The predicted molar refractivity (Wildman–Crippen MR) is 161 cm³/mol. The van der Waals surface area contributed by atoms with Gasteiger partial charge in [0.25, 0.3) is 5.91 Å². The van der Waals surface area contributed by atoms with Crippen LogP contribution < -0.4 is 20.4 Å². The number of hydrogen-bond donors (Lipinski definition) is 3. The summed E-state index contributed by atoms with van der Waals surface area (Å²) in [5.41, 5.74) is 0.928. The first-order valence-electron chi connectivity index (χ1n) is 13.2. The minimum atomic E-state index is -0.897. The van der Waals surface area contributed by atoms with Gasteiger partial charge >= 0.3 is 12.0 Å². The molecule has 1 heterocycles. The van der Waals surface area contributed by atoms with Crippen molar-refractivity contribution in [2.45, 2.75) is 20.8 Å². The van der Waals surface area contributed by atoms with E-state index in [4.69, 9.17) is 9.57 Å². The summed E-state index contributed by atoms with van der Waals surface area (Å²) in [6.07, 6.45) is 0. The number of hydrogen-bond acceptors (Lipinski definition) is 6. The Kier molecular flexibility index (Phi) is 7.66. The number of benzene rings is 4. The van der Waals surface area contributed by atoms with Crippen molar-refractivity contribution in [3.63, 3.8) is 0 Å². The van der Waals surface area contributed by atoms with Crippen LogP contribution in [0.3, 0.4) is 0 Å². The van der Waals surface area contributed by atoms with Crippen LogP contribution in [0.25, 0.3) is 11.3 Å². The Morgan fingerprint density at radius 1 is 0.762 bits per heavy atom. The van der Waals surface area contributed by atoms with Gasteiger partial charge in [-0.3, -0.25) is 4.79 Å². The van der Waals surface area contributed by atoms with Gasteiger partial charge in [0, 0.05) is 22.5 Å². The number of carbonyl (C=O) groups is 3. The number of rotatable bonds is 6. The average Bonchev–Trinajstić information content (AvgIpc) is 3.24. The summed E-state index contributed by atoms with van der Waals surface area (Å²) in [6.45, 7) is 4.99. The first-order valence-corrected chi connectivity index (χ1v) is 13.2. The molecule has 0 unspecified atom stereocenters. The van der Waals surface area contributed by atoms with Gasteiger partial charge in [-0.05, 0) is 75.4 Å². The maximum Gasteiger partial charge on any atom is 0.338 e. The maximum absolute atomic E-state index is 13.5. The van der Waals surface area contributed by atoms with E-state index in [9.17, 15) is 19.5 Å². The van der Waals surface area contributed by atoms with Crippen molar-refractivity contribution in [2.75, 3.05) is 15.7 Å². The van der Waals surface area contributed by atoms with Gasteiger partial charge in [-0.2, -0.15) is 0 Å². The van der Waals surface area contributed by atoms with Gasteiger partial charge in [0.1, 0.15) is 17.3 Å². The van der Waals surface area contributed by atoms with Crippen molar-refractivity contribution in [3.8, 4) is 11.5 Å². The first-order chi connectivity index (χ1) is 20.1. The maximum atomic E-state index is 13.5. The van der Waals surface area contributed by atoms with Crippen LogP contribution in [0.2, 0.25) is 0 Å². The number of para-hydroxylation sites is 1. The summed E-state index contributed by atoms with van der Waals surface area (Å²) in [7, 11) is 0. The highest BCUT2D eigenvalue weighted by atomic mass is 16.7. The molecule has 9 nitrogen and oxygen atoms in total. The quantitative estimate of drug-likeness (QED) is 0.166. The van der Waals surface area contributed by atoms with E-state index in [0.29, 0.717) is 34.0 Å². The van der Waals surface area contributed by atoms with Gasteiger partial charge < -0.3 is 25.3 Å². The van der Waals surface area contributed by atoms with Gasteiger partial charge in [-0.1, -0.05) is 48.5 Å². The van der Waals surface area contributed by atoms with Crippen molar-refractivity contribution < 1.29 is 29.1 Å². The normalized spacial score (nSPS) is 13.7. The molecule has 9 heteroatoms. The Labute approximate surface area is 243 Å². The van der Waals surface area contributed by atoms with Gasteiger partial charge in [0.05, 0.1) is 16.7 Å². The standard InChI is InChI=1S/C33H29N3O6/c1-33(2,3)31(39)42-36-27-20-23(16-19-26(27)28(30(36)38)29(37)21-10-6-4-7-11-21)35-32(40)34-22-14-17-25(18-15-22)41-24-12-8-5-9-13-24/h4-20,37H,1-3H3,(H2,34,35,40)/b29-28-. The smallest absolute Gasteiger partial charge is 0.338 e. The van der Waals surface area contributed by atoms with E-state index < -0.39 is 23.3 Å². The van der Waals surface area contributed by atoms with E-state index in [1.807, 2.05) is 30.3 Å². The van der Waals surface area contributed by atoms with Crippen molar-refractivity contribution >= 4 is 46.3 Å². The largest absolute Gasteiger partial charge is 0.506 e. The number of nitrogens with one attached hydrogen (secondary N) is 2. The van der Waals surface area contributed by atoms with Crippen LogP contribution in [0, 0.1) is 5.41 Å². The minimum Gasteiger partial charge on any atom is -0.506 e. The highest BCUT2D eigenvalue weighted by Crippen LogP contribution is 2.42. The molecule has 0 aromatic heterocycles. The van der Waals surface area contributed by atoms with Crippen LogP contribution in [0.5, 0.6) is 11.5 Å². The second kappa shape index (κ2) is 11.5. The fourth-order valence-corrected chi connectivity index (χ4v) is 4.12. The summed E-state index contributed by atoms with van der Waals surface area (Å²) in [4.78, 5) is 44.5. The molecule has 3 amide bonds. The molecular formula is C33H29N3O6. The Bertz CT molecular complexity index is 1660. The van der Waals surface area contributed by atoms with E-state index in [1.54, 1.807) is 87.5 Å². The predicted octanol–water partition coefficient (Wildman–Crippen LogP) is 7.40. The zero-order valence-electron chi connectivity index (χ0n) is 23.3. The lowest BCUT2D eigenvalue weighted by atomic mass is 9.98. The van der Waals surface area contributed by atoms with Crippen molar-refractivity contribution in [3.05, 3.63) is 114 Å². The Balaban J connectivity index is 1.37. The first kappa shape index (κ1) is 28.0. The molecule has 1 aliphatic heterocycles. The lowest BCUT2D eigenvalue weighted by Crippen LogP contribution is -2.35. The number of aliphatic hydroxyl groups is 1. The van der Waals surface area contributed by atoms with Crippen LogP contribution in [-0.4, -0.2) is 23.0 Å². The molecular weight excluding hydrogens is 534 g/mol. The third-order valence-corrected chi connectivity index (χ3v) is 6.30. The molecule has 0 fully saturated rings. The van der Waals surface area contributed by atoms with E-state index in [0.717, 1.165) is 5.06 Å². The molecule has 0 saturated heterocycles. The van der Waals surface area contributed by atoms with Crippen molar-refractivity contribution in [1.29, 1.82) is 0 Å². The van der Waals surface area contributed by atoms with Gasteiger partial charge in [0.15, 0.2) is 0 Å². The molecule has 0 radical (unpaired) electrons. The van der Waals surface area contributed by atoms with Gasteiger partial charge in [-0.15, -0.1) is 5.06 Å². The molecule has 0 aliphatic carbocycles. The second-order valence-electron chi connectivity index (χ2n) is 10.6. The number of carbonyl (C=O) groups excluding carboxylic acids is 3. The van der Waals surface area contributed by atoms with Crippen LogP contribution in [0.15, 0.2) is 103 Å². The Hall–Kier alpha value is -5.57. The summed E-state index contributed by atoms with van der Waals surface area (Å²) in [5, 5.41) is 17.4. The zero-order chi connectivity index (χ0) is 29.9. The van der Waals surface area contributed by atoms with Crippen LogP contribution in [0.1, 0.15) is 31.9 Å². The molecule has 4 aromatic rings. The molecule has 4 aromatic carbocycles. The monoisotopic (exact) mass is 563 g/mol. The highest BCUT2D eigenvalue weighted by molar-refractivity contribution is 6.36. The van der Waals surface area contributed by atoms with Crippen LogP contribution in [-0.2, 0) is 14.4 Å². The summed E-state index contributed by atoms with van der Waals surface area (Å²) in [6, 6.07) is 29.0. The topological polar surface area (TPSA) is 117 Å². The highest BCUT2D eigenvalue weighted by Gasteiger charge is 2.40. The lowest BCUT2D eigenvalue weighted by Gasteiger charge is -2.22. The molecule has 3 N–H and O–H groups in total. The van der Waals surface area contributed by atoms with E-state index in [1.165, 1.54) is 6.07 Å². The zero-order valence-corrected chi connectivity index (χ0v) is 23.3. The fourth-order valence-electron chi connectivity index (χ4n) is 4.12. The number of hydroxylamine groups is 1. The van der Waals surface area contributed by atoms with E-state index >= 15 is 0 Å². The SMILES string of the molecule is CC(C)(C)C(=O)ON1C(=O)/C(=C(\O)c2ccccc2)c2ccc(NC(=O)Nc3ccc(Oc4ccccc4)cc3)cc21. The van der Waals surface area contributed by atoms with Crippen molar-refractivity contribution in [2.24, 2.45) is 5.41 Å². The van der Waals surface area contributed by atoms with Crippen molar-refractivity contribution in [1.82, 2.24) is 0 Å². The molecule has 212 valence electrons. The third-order valence-electron chi connectivity index (χ3n) is 6.30.